The maximum atomic E-state index is 10.3. The van der Waals surface area contributed by atoms with Gasteiger partial charge in [-0.05, 0) is 202 Å². The third kappa shape index (κ3) is 37.0. The summed E-state index contributed by atoms with van der Waals surface area (Å²) in [6, 6.07) is 0. The van der Waals surface area contributed by atoms with Gasteiger partial charge in [0.1, 0.15) is 6.10 Å². The van der Waals surface area contributed by atoms with Crippen LogP contribution in [0.15, 0.2) is 0 Å². The minimum atomic E-state index is -0.195. The van der Waals surface area contributed by atoms with Crippen LogP contribution in [0.25, 0.3) is 0 Å². The predicted octanol–water partition coefficient (Wildman–Crippen LogP) is 24.6. The zero-order chi connectivity index (χ0) is 69.6. The standard InChI is InChI=1S/C90H171NO6/c1-68-21-13-29-76(9)84-45-41-80(59-84)33-17-25-72(5)50-55-94-66-89(64-91-54-49-88(93)63-91)96-57-52-74(7)27-19-35-82-43-47-86(61-82)78(11)31-15-23-70(3)39-40-71(4)24-16-32-79(12)87-48-44-83(62-87)36-20-28-75(8)53-58-97-90(65-92)67-95-56-51-73(6)26-18-34-81-42-46-85(60-81)77(10)30-14-22-69(2)38-37-68/h68-90,92-93H,13-67H2,1-12H3. The Morgan fingerprint density at radius 2 is 0.567 bits per heavy atom. The predicted molar refractivity (Wildman–Crippen MR) is 416 cm³/mol. The molecule has 4 aliphatic carbocycles. The number of β-amino-alcohol motifs (C(OH)–C–C–N with tert-alkyl or cyclic N) is 1. The van der Waals surface area contributed by atoms with Gasteiger partial charge in [0.05, 0.1) is 32.0 Å². The molecular formula is C90H171NO6. The number of hydrogen-bond acceptors (Lipinski definition) is 7. The maximum Gasteiger partial charge on any atom is 0.104 e. The minimum absolute atomic E-state index is 0.0516. The Labute approximate surface area is 605 Å². The van der Waals surface area contributed by atoms with E-state index in [4.69, 9.17) is 18.9 Å². The second-order valence-electron chi connectivity index (χ2n) is 37.8. The Morgan fingerprint density at radius 3 is 0.866 bits per heavy atom. The van der Waals surface area contributed by atoms with Crippen LogP contribution in [0.2, 0.25) is 0 Å². The Balaban J connectivity index is 0.868. The Hall–Kier alpha value is -0.280. The number of aliphatic hydroxyl groups is 2. The molecule has 6 fully saturated rings. The molecule has 572 valence electrons. The fourth-order valence-electron chi connectivity index (χ4n) is 20.4. The molecule has 97 heavy (non-hydrogen) atoms. The topological polar surface area (TPSA) is 80.6 Å². The lowest BCUT2D eigenvalue weighted by molar-refractivity contribution is -0.0471. The summed E-state index contributed by atoms with van der Waals surface area (Å²) >= 11 is 0. The molecule has 2 heterocycles. The van der Waals surface area contributed by atoms with Crippen LogP contribution in [-0.2, 0) is 18.9 Å². The largest absolute Gasteiger partial charge is 0.394 e. The van der Waals surface area contributed by atoms with Crippen LogP contribution in [0.3, 0.4) is 0 Å². The SMILES string of the molecule is CC1CCCC2CCC(C2)C(C)CCCC(C)CCC(C)CCCC(C)C2CCC(CCCC(C)CCOCC(CN3CCC(O)C3)OCCC(C)CCCC3CCC(C3)C(C)CCCC(C)CCC(C)CCCC(C)C3CCC(CCCC(C)CCOC(CO)COCC1)C3)C2. The van der Waals surface area contributed by atoms with Crippen LogP contribution in [0.4, 0.5) is 0 Å². The fraction of sp³-hybridized carbons (Fsp3) is 1.00. The van der Waals surface area contributed by atoms with Crippen molar-refractivity contribution in [3.63, 3.8) is 0 Å². The average molecular weight is 1360 g/mol. The summed E-state index contributed by atoms with van der Waals surface area (Å²) < 4.78 is 25.4. The maximum absolute atomic E-state index is 10.3. The lowest BCUT2D eigenvalue weighted by Crippen LogP contribution is -2.36. The number of aliphatic hydroxyl groups excluding tert-OH is 2. The normalized spacial score (nSPS) is 40.9. The van der Waals surface area contributed by atoms with E-state index in [0.717, 1.165) is 173 Å². The molecule has 23 unspecified atom stereocenters. The van der Waals surface area contributed by atoms with Gasteiger partial charge in [-0.15, -0.1) is 0 Å². The van der Waals surface area contributed by atoms with Gasteiger partial charge in [-0.1, -0.05) is 289 Å². The summed E-state index contributed by atoms with van der Waals surface area (Å²) in [7, 11) is 0. The first-order chi connectivity index (χ1) is 46.9. The highest BCUT2D eigenvalue weighted by molar-refractivity contribution is 4.85. The molecule has 0 aromatic carbocycles. The van der Waals surface area contributed by atoms with Crippen molar-refractivity contribution in [3.05, 3.63) is 0 Å². The van der Waals surface area contributed by atoms with Crippen molar-refractivity contribution >= 4 is 0 Å². The van der Waals surface area contributed by atoms with Crippen molar-refractivity contribution in [1.82, 2.24) is 4.90 Å². The second kappa shape index (κ2) is 50.3. The van der Waals surface area contributed by atoms with E-state index in [2.05, 4.69) is 88.0 Å². The molecule has 0 amide bonds. The molecule has 2 N–H and O–H groups in total. The highest BCUT2D eigenvalue weighted by atomic mass is 16.5. The van der Waals surface area contributed by atoms with E-state index in [1.54, 1.807) is 0 Å². The molecule has 0 aromatic rings. The second-order valence-corrected chi connectivity index (χ2v) is 37.8. The van der Waals surface area contributed by atoms with Gasteiger partial charge in [-0.25, -0.2) is 0 Å². The molecule has 7 nitrogen and oxygen atoms in total. The first-order valence-corrected chi connectivity index (χ1v) is 44.3. The van der Waals surface area contributed by atoms with Crippen molar-refractivity contribution in [2.45, 2.75) is 390 Å². The summed E-state index contributed by atoms with van der Waals surface area (Å²) in [5.74, 6) is 17.5. The molecule has 23 atom stereocenters. The van der Waals surface area contributed by atoms with Crippen molar-refractivity contribution in [2.24, 2.45) is 118 Å². The third-order valence-corrected chi connectivity index (χ3v) is 28.5. The van der Waals surface area contributed by atoms with Gasteiger partial charge < -0.3 is 29.2 Å². The highest BCUT2D eigenvalue weighted by Crippen LogP contribution is 2.45. The van der Waals surface area contributed by atoms with Gasteiger partial charge in [-0.3, -0.25) is 4.90 Å². The number of ether oxygens (including phenoxy) is 4. The summed E-state index contributed by atoms with van der Waals surface area (Å²) in [6.45, 7) is 37.4. The van der Waals surface area contributed by atoms with Crippen LogP contribution in [0.5, 0.6) is 0 Å². The van der Waals surface area contributed by atoms with Gasteiger partial charge >= 0.3 is 0 Å². The molecular weight excluding hydrogens is 1190 g/mol. The van der Waals surface area contributed by atoms with Crippen molar-refractivity contribution in [2.75, 3.05) is 65.9 Å². The lowest BCUT2D eigenvalue weighted by Gasteiger charge is -2.25. The van der Waals surface area contributed by atoms with Gasteiger partial charge in [0.25, 0.3) is 0 Å². The Morgan fingerprint density at radius 1 is 0.289 bits per heavy atom. The quantitative estimate of drug-likeness (QED) is 0.291. The molecule has 4 saturated carbocycles. The molecule has 2 saturated heterocycles. The molecule has 0 radical (unpaired) electrons. The van der Waals surface area contributed by atoms with Crippen molar-refractivity contribution < 1.29 is 29.2 Å². The third-order valence-electron chi connectivity index (χ3n) is 28.5. The van der Waals surface area contributed by atoms with Crippen LogP contribution in [0.1, 0.15) is 372 Å². The van der Waals surface area contributed by atoms with Crippen molar-refractivity contribution in [3.8, 4) is 0 Å². The van der Waals surface area contributed by atoms with Crippen LogP contribution >= 0.6 is 0 Å². The van der Waals surface area contributed by atoms with E-state index in [0.29, 0.717) is 36.9 Å². The van der Waals surface area contributed by atoms with Crippen molar-refractivity contribution in [1.29, 1.82) is 0 Å². The number of fused-ring (bicyclic) bond motifs is 8. The molecule has 8 bridgehead atoms. The first kappa shape index (κ1) is 85.6. The Bertz CT molecular complexity index is 1880. The Kier molecular flexibility index (Phi) is 44.4. The molecule has 6 aliphatic rings. The van der Waals surface area contributed by atoms with Gasteiger partial charge in [0.2, 0.25) is 0 Å². The number of hydrogen-bond donors (Lipinski definition) is 2. The average Bonchev–Trinajstić information content (AvgIpc) is 2.40. The fourth-order valence-corrected chi connectivity index (χ4v) is 20.4. The summed E-state index contributed by atoms with van der Waals surface area (Å²) in [5.41, 5.74) is 0. The zero-order valence-electron chi connectivity index (χ0n) is 67.1. The van der Waals surface area contributed by atoms with E-state index >= 15 is 0 Å². The van der Waals surface area contributed by atoms with E-state index in [1.807, 2.05) is 0 Å². The summed E-state index contributed by atoms with van der Waals surface area (Å²) in [5, 5.41) is 20.4. The zero-order valence-corrected chi connectivity index (χ0v) is 67.1. The molecule has 2 aliphatic heterocycles. The van der Waals surface area contributed by atoms with Crippen LogP contribution in [-0.4, -0.2) is 99.3 Å². The smallest absolute Gasteiger partial charge is 0.104 e. The van der Waals surface area contributed by atoms with Gasteiger partial charge in [-0.2, -0.15) is 0 Å². The summed E-state index contributed by atoms with van der Waals surface area (Å²) in [4.78, 5) is 2.40. The van der Waals surface area contributed by atoms with Crippen LogP contribution in [0, 0.1) is 118 Å². The highest BCUT2D eigenvalue weighted by Gasteiger charge is 2.33. The lowest BCUT2D eigenvalue weighted by atomic mass is 9.84. The van der Waals surface area contributed by atoms with E-state index in [-0.39, 0.29) is 24.9 Å². The van der Waals surface area contributed by atoms with E-state index < -0.39 is 0 Å². The molecule has 0 spiro atoms. The van der Waals surface area contributed by atoms with E-state index in [9.17, 15) is 10.2 Å². The van der Waals surface area contributed by atoms with Gasteiger partial charge in [0.15, 0.2) is 0 Å². The number of likely N-dealkylation sites (tertiary alicyclic amines) is 1. The minimum Gasteiger partial charge on any atom is -0.394 e. The van der Waals surface area contributed by atoms with Gasteiger partial charge in [0, 0.05) is 46.1 Å². The number of nitrogens with zero attached hydrogens (tertiary/aromatic N) is 1. The van der Waals surface area contributed by atoms with E-state index in [1.165, 1.54) is 257 Å². The first-order valence-electron chi connectivity index (χ1n) is 44.3. The molecule has 0 aromatic heterocycles. The van der Waals surface area contributed by atoms with Crippen LogP contribution < -0.4 is 0 Å². The summed E-state index contributed by atoms with van der Waals surface area (Å²) in [6.07, 6.45) is 62.1. The molecule has 7 heteroatoms. The molecule has 6 rings (SSSR count). The monoisotopic (exact) mass is 1360 g/mol. The number of rotatable bonds is 3.